The van der Waals surface area contributed by atoms with Crippen LogP contribution in [0.5, 0.6) is 0 Å². The van der Waals surface area contributed by atoms with Gasteiger partial charge in [-0.2, -0.15) is 0 Å². The molecule has 0 aromatic carbocycles. The molecule has 0 bridgehead atoms. The number of nitrogens with zero attached hydrogens (tertiary/aromatic N) is 1. The molecule has 0 radical (unpaired) electrons. The maximum absolute atomic E-state index is 12.0. The first kappa shape index (κ1) is 11.8. The van der Waals surface area contributed by atoms with Crippen LogP contribution in [0.25, 0.3) is 11.0 Å². The highest BCUT2D eigenvalue weighted by Crippen LogP contribution is 2.17. The molecule has 2 heterocycles. The van der Waals surface area contributed by atoms with E-state index in [-0.39, 0.29) is 17.7 Å². The number of hydrogen-bond acceptors (Lipinski definition) is 4. The lowest BCUT2D eigenvalue weighted by Gasteiger charge is -2.03. The lowest BCUT2D eigenvalue weighted by molar-refractivity contribution is 0.0524. The Kier molecular flexibility index (Phi) is 3.23. The van der Waals surface area contributed by atoms with Crippen molar-refractivity contribution in [2.75, 3.05) is 6.61 Å². The van der Waals surface area contributed by atoms with E-state index in [2.05, 4.69) is 25.9 Å². The molecule has 1 N–H and O–H groups in total. The summed E-state index contributed by atoms with van der Waals surface area (Å²) in [5.74, 6) is -0.641. The Morgan fingerprint density at radius 3 is 3.06 bits per heavy atom. The molecule has 0 unspecified atom stereocenters. The van der Waals surface area contributed by atoms with Gasteiger partial charge in [-0.15, -0.1) is 0 Å². The van der Waals surface area contributed by atoms with Crippen LogP contribution in [0.3, 0.4) is 0 Å². The van der Waals surface area contributed by atoms with Crippen LogP contribution in [0.2, 0.25) is 0 Å². The van der Waals surface area contributed by atoms with Gasteiger partial charge >= 0.3 is 5.97 Å². The quantitative estimate of drug-likeness (QED) is 0.859. The molecule has 0 aliphatic rings. The van der Waals surface area contributed by atoms with Crippen molar-refractivity contribution < 1.29 is 9.53 Å². The number of ether oxygens (including phenoxy) is 1. The Bertz CT molecular complexity index is 636. The summed E-state index contributed by atoms with van der Waals surface area (Å²) in [6.45, 7) is 1.91. The maximum atomic E-state index is 12.0. The molecule has 17 heavy (non-hydrogen) atoms. The molecule has 2 aromatic rings. The van der Waals surface area contributed by atoms with E-state index < -0.39 is 11.4 Å². The molecule has 0 atom stereocenters. The first-order chi connectivity index (χ1) is 8.15. The largest absolute Gasteiger partial charge is 0.462 e. The van der Waals surface area contributed by atoms with Gasteiger partial charge in [-0.25, -0.2) is 4.79 Å². The fourth-order valence-electron chi connectivity index (χ4n) is 1.45. The van der Waals surface area contributed by atoms with E-state index in [1.54, 1.807) is 13.0 Å². The number of nitrogens with one attached hydrogen (secondary N) is 1. The standard InChI is InChI=1S/C11H9BrN2O3/c1-2-17-11(16)6-5-14-8-7(12)3-4-13-9(8)10(6)15/h3-5H,2H2,1H3,(H,14,15). The lowest BCUT2D eigenvalue weighted by Crippen LogP contribution is -2.18. The number of esters is 1. The van der Waals surface area contributed by atoms with Gasteiger partial charge in [0.2, 0.25) is 5.43 Å². The Labute approximate surface area is 105 Å². The summed E-state index contributed by atoms with van der Waals surface area (Å²) in [6.07, 6.45) is 2.84. The van der Waals surface area contributed by atoms with Crippen LogP contribution in [0.4, 0.5) is 0 Å². The van der Waals surface area contributed by atoms with Gasteiger partial charge in [0.1, 0.15) is 11.1 Å². The number of carbonyl (C=O) groups is 1. The number of fused-ring (bicyclic) bond motifs is 1. The van der Waals surface area contributed by atoms with Gasteiger partial charge in [-0.3, -0.25) is 9.78 Å². The third-order valence-corrected chi connectivity index (χ3v) is 2.88. The second-order valence-corrected chi connectivity index (χ2v) is 4.12. The third-order valence-electron chi connectivity index (χ3n) is 2.22. The monoisotopic (exact) mass is 296 g/mol. The van der Waals surface area contributed by atoms with E-state index >= 15 is 0 Å². The molecule has 0 aliphatic carbocycles. The molecule has 0 spiro atoms. The van der Waals surface area contributed by atoms with E-state index in [0.29, 0.717) is 5.52 Å². The van der Waals surface area contributed by atoms with Crippen molar-refractivity contribution in [3.8, 4) is 0 Å². The fraction of sp³-hybridized carbons (Fsp3) is 0.182. The summed E-state index contributed by atoms with van der Waals surface area (Å²) >= 11 is 3.30. The van der Waals surface area contributed by atoms with Crippen LogP contribution in [-0.4, -0.2) is 22.5 Å². The number of H-pyrrole nitrogens is 1. The van der Waals surface area contributed by atoms with Crippen molar-refractivity contribution in [3.63, 3.8) is 0 Å². The predicted octanol–water partition coefficient (Wildman–Crippen LogP) is 1.86. The van der Waals surface area contributed by atoms with Crippen LogP contribution in [-0.2, 0) is 4.74 Å². The van der Waals surface area contributed by atoms with Crippen LogP contribution in [0.15, 0.2) is 27.7 Å². The number of rotatable bonds is 2. The molecule has 0 fully saturated rings. The lowest BCUT2D eigenvalue weighted by atomic mass is 10.2. The first-order valence-electron chi connectivity index (χ1n) is 4.98. The Morgan fingerprint density at radius 2 is 2.35 bits per heavy atom. The highest BCUT2D eigenvalue weighted by molar-refractivity contribution is 9.10. The van der Waals surface area contributed by atoms with Gasteiger partial charge in [-0.1, -0.05) is 0 Å². The number of carbonyl (C=O) groups excluding carboxylic acids is 1. The van der Waals surface area contributed by atoms with Crippen molar-refractivity contribution in [1.82, 2.24) is 9.97 Å². The molecular weight excluding hydrogens is 288 g/mol. The highest BCUT2D eigenvalue weighted by Gasteiger charge is 2.15. The molecule has 0 saturated heterocycles. The summed E-state index contributed by atoms with van der Waals surface area (Å²) in [7, 11) is 0. The Balaban J connectivity index is 2.67. The van der Waals surface area contributed by atoms with E-state index in [4.69, 9.17) is 4.74 Å². The molecule has 2 rings (SSSR count). The van der Waals surface area contributed by atoms with Crippen molar-refractivity contribution in [2.45, 2.75) is 6.92 Å². The zero-order valence-electron chi connectivity index (χ0n) is 8.99. The SMILES string of the molecule is CCOC(=O)c1c[nH]c2c(Br)ccnc2c1=O. The molecule has 0 aliphatic heterocycles. The minimum atomic E-state index is -0.641. The third kappa shape index (κ3) is 2.08. The summed E-state index contributed by atoms with van der Waals surface area (Å²) in [5, 5.41) is 0. The molecule has 0 amide bonds. The highest BCUT2D eigenvalue weighted by atomic mass is 79.9. The number of hydrogen-bond donors (Lipinski definition) is 1. The minimum absolute atomic E-state index is 0.0371. The summed E-state index contributed by atoms with van der Waals surface area (Å²) in [6, 6.07) is 1.71. The predicted molar refractivity (Wildman–Crippen MR) is 66.0 cm³/mol. The summed E-state index contributed by atoms with van der Waals surface area (Å²) in [5.41, 5.74) is 0.305. The molecule has 88 valence electrons. The molecular formula is C11H9BrN2O3. The van der Waals surface area contributed by atoms with Gasteiger partial charge in [-0.05, 0) is 28.9 Å². The number of aromatic nitrogens is 2. The van der Waals surface area contributed by atoms with E-state index in [1.165, 1.54) is 12.4 Å². The average Bonchev–Trinajstić information content (AvgIpc) is 2.31. The zero-order chi connectivity index (χ0) is 12.4. The maximum Gasteiger partial charge on any atom is 0.343 e. The van der Waals surface area contributed by atoms with E-state index in [1.807, 2.05) is 0 Å². The van der Waals surface area contributed by atoms with Crippen molar-refractivity contribution in [3.05, 3.63) is 38.7 Å². The van der Waals surface area contributed by atoms with Gasteiger partial charge in [0.15, 0.2) is 0 Å². The molecule has 6 heteroatoms. The minimum Gasteiger partial charge on any atom is -0.462 e. The smallest absolute Gasteiger partial charge is 0.343 e. The first-order valence-corrected chi connectivity index (χ1v) is 5.77. The van der Waals surface area contributed by atoms with Gasteiger partial charge in [0.25, 0.3) is 0 Å². The van der Waals surface area contributed by atoms with E-state index in [0.717, 1.165) is 4.47 Å². The fourth-order valence-corrected chi connectivity index (χ4v) is 1.87. The second-order valence-electron chi connectivity index (χ2n) is 3.27. The molecule has 5 nitrogen and oxygen atoms in total. The molecule has 0 saturated carbocycles. The number of aromatic amines is 1. The summed E-state index contributed by atoms with van der Waals surface area (Å²) < 4.78 is 5.51. The topological polar surface area (TPSA) is 72.1 Å². The van der Waals surface area contributed by atoms with Crippen LogP contribution < -0.4 is 5.43 Å². The van der Waals surface area contributed by atoms with Crippen LogP contribution in [0.1, 0.15) is 17.3 Å². The Hall–Kier alpha value is -1.69. The number of halogens is 1. The van der Waals surface area contributed by atoms with E-state index in [9.17, 15) is 9.59 Å². The normalized spacial score (nSPS) is 10.5. The van der Waals surface area contributed by atoms with Crippen molar-refractivity contribution in [1.29, 1.82) is 0 Å². The second kappa shape index (κ2) is 4.67. The van der Waals surface area contributed by atoms with Crippen LogP contribution in [0, 0.1) is 0 Å². The number of pyridine rings is 2. The van der Waals surface area contributed by atoms with Crippen LogP contribution >= 0.6 is 15.9 Å². The average molecular weight is 297 g/mol. The summed E-state index contributed by atoms with van der Waals surface area (Å²) in [4.78, 5) is 30.3. The molecule has 2 aromatic heterocycles. The van der Waals surface area contributed by atoms with Gasteiger partial charge < -0.3 is 9.72 Å². The van der Waals surface area contributed by atoms with Crippen molar-refractivity contribution in [2.24, 2.45) is 0 Å². The zero-order valence-corrected chi connectivity index (χ0v) is 10.6. The van der Waals surface area contributed by atoms with Gasteiger partial charge in [0, 0.05) is 16.9 Å². The van der Waals surface area contributed by atoms with Crippen molar-refractivity contribution >= 4 is 32.9 Å². The Morgan fingerprint density at radius 1 is 1.59 bits per heavy atom. The van der Waals surface area contributed by atoms with Gasteiger partial charge in [0.05, 0.1) is 12.1 Å².